The van der Waals surface area contributed by atoms with Crippen molar-refractivity contribution in [3.05, 3.63) is 88.0 Å². The average Bonchev–Trinajstić information content (AvgIpc) is 2.69. The van der Waals surface area contributed by atoms with Crippen LogP contribution in [0.5, 0.6) is 11.5 Å². The Morgan fingerprint density at radius 1 is 0.576 bits per heavy atom. The summed E-state index contributed by atoms with van der Waals surface area (Å²) in [4.78, 5) is 0. The molecule has 0 unspecified atom stereocenters. The summed E-state index contributed by atoms with van der Waals surface area (Å²) >= 11 is 0. The molecule has 0 amide bonds. The lowest BCUT2D eigenvalue weighted by Crippen LogP contribution is -2.18. The smallest absolute Gasteiger partial charge is 0.326 e. The molecule has 0 saturated carbocycles. The van der Waals surface area contributed by atoms with Gasteiger partial charge in [-0.05, 0) is 61.8 Å². The number of rotatable bonds is 5. The summed E-state index contributed by atoms with van der Waals surface area (Å²) in [5.41, 5.74) is 7.12. The molecule has 176 valence electrons. The zero-order valence-electron chi connectivity index (χ0n) is 22.0. The molecule has 0 aromatic heterocycles. The van der Waals surface area contributed by atoms with Crippen molar-refractivity contribution in [2.24, 2.45) is 0 Å². The van der Waals surface area contributed by atoms with E-state index in [1.54, 1.807) is 0 Å². The molecule has 0 radical (unpaired) electrons. The fourth-order valence-corrected chi connectivity index (χ4v) is 5.58. The molecule has 0 fully saturated rings. The Morgan fingerprint density at radius 2 is 0.970 bits per heavy atom. The molecule has 0 heterocycles. The molecule has 0 bridgehead atoms. The van der Waals surface area contributed by atoms with E-state index >= 15 is 0 Å². The third kappa shape index (κ3) is 5.98. The molecule has 3 aromatic rings. The molecule has 0 aliphatic rings. The topological polar surface area (TPSA) is 18.5 Å². The first-order valence-electron chi connectivity index (χ1n) is 11.7. The molecule has 3 rings (SSSR count). The summed E-state index contributed by atoms with van der Waals surface area (Å²) in [6.45, 7) is 22.0. The third-order valence-corrected chi connectivity index (χ3v) is 7.19. The van der Waals surface area contributed by atoms with Gasteiger partial charge in [-0.1, -0.05) is 95.1 Å². The van der Waals surface area contributed by atoms with Crippen LogP contribution in [0, 0.1) is 27.7 Å². The molecule has 3 aromatic carbocycles. The normalized spacial score (nSPS) is 12.2. The summed E-state index contributed by atoms with van der Waals surface area (Å²) in [5.74, 6) is 1.87. The van der Waals surface area contributed by atoms with Crippen LogP contribution < -0.4 is 14.4 Å². The second-order valence-electron chi connectivity index (χ2n) is 11.2. The van der Waals surface area contributed by atoms with Crippen LogP contribution >= 0.6 is 8.38 Å². The van der Waals surface area contributed by atoms with E-state index < -0.39 is 8.38 Å². The van der Waals surface area contributed by atoms with Crippen LogP contribution in [-0.4, -0.2) is 0 Å². The Hall–Kier alpha value is -2.31. The second kappa shape index (κ2) is 9.51. The molecule has 0 spiro atoms. The Labute approximate surface area is 202 Å². The Balaban J connectivity index is 2.15. The van der Waals surface area contributed by atoms with E-state index in [9.17, 15) is 0 Å². The molecule has 0 saturated heterocycles. The van der Waals surface area contributed by atoms with Gasteiger partial charge >= 0.3 is 8.38 Å². The van der Waals surface area contributed by atoms with Crippen molar-refractivity contribution in [3.8, 4) is 11.5 Å². The Morgan fingerprint density at radius 3 is 1.33 bits per heavy atom. The molecule has 3 heteroatoms. The monoisotopic (exact) mass is 462 g/mol. The van der Waals surface area contributed by atoms with Crippen molar-refractivity contribution < 1.29 is 9.05 Å². The van der Waals surface area contributed by atoms with Gasteiger partial charge in [-0.15, -0.1) is 0 Å². The molecule has 33 heavy (non-hydrogen) atoms. The lowest BCUT2D eigenvalue weighted by atomic mass is 9.84. The summed E-state index contributed by atoms with van der Waals surface area (Å²) in [5, 5.41) is 1.06. The SMILES string of the molecule is Cc1cc(C)c(OP(Oc2c(C)cc(C)cc2C(C)(C)C)c2ccccc2)c(C(C)(C)C)c1. The van der Waals surface area contributed by atoms with Crippen molar-refractivity contribution in [2.45, 2.75) is 80.1 Å². The van der Waals surface area contributed by atoms with E-state index in [1.165, 1.54) is 22.3 Å². The van der Waals surface area contributed by atoms with Crippen LogP contribution in [0.25, 0.3) is 0 Å². The van der Waals surface area contributed by atoms with E-state index in [4.69, 9.17) is 9.05 Å². The van der Waals surface area contributed by atoms with E-state index in [2.05, 4.69) is 118 Å². The summed E-state index contributed by atoms with van der Waals surface area (Å²) in [7, 11) is -1.39. The van der Waals surface area contributed by atoms with Gasteiger partial charge in [-0.25, -0.2) is 0 Å². The fraction of sp³-hybridized carbons (Fsp3) is 0.400. The van der Waals surface area contributed by atoms with Gasteiger partial charge in [0.15, 0.2) is 0 Å². The van der Waals surface area contributed by atoms with Gasteiger partial charge in [0, 0.05) is 11.1 Å². The maximum Gasteiger partial charge on any atom is 0.326 e. The molecular weight excluding hydrogens is 423 g/mol. The van der Waals surface area contributed by atoms with Crippen molar-refractivity contribution in [2.75, 3.05) is 0 Å². The second-order valence-corrected chi connectivity index (χ2v) is 12.6. The maximum atomic E-state index is 6.84. The van der Waals surface area contributed by atoms with Gasteiger partial charge in [0.05, 0.1) is 5.30 Å². The first-order chi connectivity index (χ1) is 15.3. The van der Waals surface area contributed by atoms with E-state index in [0.717, 1.165) is 27.9 Å². The lowest BCUT2D eigenvalue weighted by Gasteiger charge is -2.30. The van der Waals surface area contributed by atoms with Gasteiger partial charge in [0.1, 0.15) is 11.5 Å². The highest BCUT2D eigenvalue weighted by Crippen LogP contribution is 2.48. The van der Waals surface area contributed by atoms with Gasteiger partial charge in [0.2, 0.25) is 0 Å². The highest BCUT2D eigenvalue weighted by molar-refractivity contribution is 7.56. The first kappa shape index (κ1) is 25.3. The first-order valence-corrected chi connectivity index (χ1v) is 12.9. The number of benzene rings is 3. The van der Waals surface area contributed by atoms with Crippen LogP contribution in [0.15, 0.2) is 54.6 Å². The van der Waals surface area contributed by atoms with E-state index in [1.807, 2.05) is 6.07 Å². The molecule has 0 N–H and O–H groups in total. The van der Waals surface area contributed by atoms with Crippen LogP contribution in [0.4, 0.5) is 0 Å². The van der Waals surface area contributed by atoms with E-state index in [0.29, 0.717) is 0 Å². The summed E-state index contributed by atoms with van der Waals surface area (Å²) in [6.07, 6.45) is 0. The Bertz CT molecular complexity index is 1050. The quantitative estimate of drug-likeness (QED) is 0.353. The van der Waals surface area contributed by atoms with Crippen molar-refractivity contribution in [1.82, 2.24) is 0 Å². The van der Waals surface area contributed by atoms with Crippen molar-refractivity contribution >= 4 is 13.7 Å². The lowest BCUT2D eigenvalue weighted by molar-refractivity contribution is 0.465. The van der Waals surface area contributed by atoms with Crippen LogP contribution in [0.1, 0.15) is 74.9 Å². The van der Waals surface area contributed by atoms with Crippen LogP contribution in [0.3, 0.4) is 0 Å². The van der Waals surface area contributed by atoms with Crippen LogP contribution in [0.2, 0.25) is 0 Å². The Kier molecular flexibility index (Phi) is 7.30. The number of hydrogen-bond acceptors (Lipinski definition) is 2. The maximum absolute atomic E-state index is 6.84. The molecule has 0 aliphatic heterocycles. The predicted octanol–water partition coefficient (Wildman–Crippen LogP) is 8.61. The number of hydrogen-bond donors (Lipinski definition) is 0. The minimum atomic E-state index is -1.39. The highest BCUT2D eigenvalue weighted by atomic mass is 31.2. The van der Waals surface area contributed by atoms with Gasteiger partial charge in [-0.3, -0.25) is 0 Å². The number of aryl methyl sites for hydroxylation is 4. The van der Waals surface area contributed by atoms with Gasteiger partial charge < -0.3 is 9.05 Å². The zero-order valence-corrected chi connectivity index (χ0v) is 22.9. The molecule has 0 atom stereocenters. The third-order valence-electron chi connectivity index (χ3n) is 5.77. The minimum absolute atomic E-state index is 0.0415. The minimum Gasteiger partial charge on any atom is -0.435 e. The highest BCUT2D eigenvalue weighted by Gasteiger charge is 2.29. The molecule has 0 aliphatic carbocycles. The standard InChI is InChI=1S/C30H39O2P/c1-20-16-22(3)27(25(18-20)29(5,6)7)31-33(24-14-12-11-13-15-24)32-28-23(4)17-21(2)19-26(28)30(8,9)10/h11-19H,1-10H3. The fourth-order valence-electron chi connectivity index (χ4n) is 4.10. The van der Waals surface area contributed by atoms with E-state index in [-0.39, 0.29) is 10.8 Å². The largest absolute Gasteiger partial charge is 0.435 e. The van der Waals surface area contributed by atoms with Gasteiger partial charge in [0.25, 0.3) is 0 Å². The van der Waals surface area contributed by atoms with Gasteiger partial charge in [-0.2, -0.15) is 0 Å². The molecule has 2 nitrogen and oxygen atoms in total. The molecular formula is C30H39O2P. The predicted molar refractivity (Wildman–Crippen MR) is 143 cm³/mol. The van der Waals surface area contributed by atoms with Crippen molar-refractivity contribution in [3.63, 3.8) is 0 Å². The summed E-state index contributed by atoms with van der Waals surface area (Å²) < 4.78 is 13.7. The summed E-state index contributed by atoms with van der Waals surface area (Å²) in [6, 6.07) is 19.2. The zero-order chi connectivity index (χ0) is 24.6. The van der Waals surface area contributed by atoms with Crippen LogP contribution in [-0.2, 0) is 10.8 Å². The van der Waals surface area contributed by atoms with Crippen molar-refractivity contribution in [1.29, 1.82) is 0 Å². The average molecular weight is 463 g/mol.